The van der Waals surface area contributed by atoms with Crippen LogP contribution in [0.4, 0.5) is 0 Å². The van der Waals surface area contributed by atoms with Gasteiger partial charge in [-0.15, -0.1) is 0 Å². The summed E-state index contributed by atoms with van der Waals surface area (Å²) in [5.74, 6) is -0.125. The van der Waals surface area contributed by atoms with Gasteiger partial charge in [0.15, 0.2) is 0 Å². The van der Waals surface area contributed by atoms with Gasteiger partial charge in [-0.1, -0.05) is 29.8 Å². The average Bonchev–Trinajstić information content (AvgIpc) is 2.44. The van der Waals surface area contributed by atoms with Crippen LogP contribution in [0.3, 0.4) is 0 Å². The van der Waals surface area contributed by atoms with Crippen molar-refractivity contribution in [2.45, 2.75) is 20.4 Å². The minimum atomic E-state index is -0.262. The predicted molar refractivity (Wildman–Crippen MR) is 78.7 cm³/mol. The standard InChI is InChI=1S/C16H18N2O2/c1-3-18(11-13-6-4-5-12(2)9-13)16(20)14-7-8-17-15(19)10-14/h4-10H,3,11H2,1-2H3,(H,17,19). The van der Waals surface area contributed by atoms with Gasteiger partial charge in [0.1, 0.15) is 0 Å². The Morgan fingerprint density at radius 1 is 1.25 bits per heavy atom. The second-order valence-corrected chi connectivity index (χ2v) is 4.75. The van der Waals surface area contributed by atoms with E-state index in [2.05, 4.69) is 11.1 Å². The lowest BCUT2D eigenvalue weighted by Gasteiger charge is -2.21. The van der Waals surface area contributed by atoms with Crippen molar-refractivity contribution in [3.8, 4) is 0 Å². The van der Waals surface area contributed by atoms with Gasteiger partial charge in [-0.05, 0) is 25.5 Å². The molecule has 1 heterocycles. The quantitative estimate of drug-likeness (QED) is 0.927. The van der Waals surface area contributed by atoms with E-state index in [0.29, 0.717) is 18.7 Å². The molecule has 0 saturated heterocycles. The van der Waals surface area contributed by atoms with Gasteiger partial charge in [-0.3, -0.25) is 9.59 Å². The molecule has 1 N–H and O–H groups in total. The molecule has 2 rings (SSSR count). The first-order valence-electron chi connectivity index (χ1n) is 6.63. The number of hydrogen-bond donors (Lipinski definition) is 1. The van der Waals surface area contributed by atoms with Crippen LogP contribution in [0.2, 0.25) is 0 Å². The van der Waals surface area contributed by atoms with Crippen molar-refractivity contribution < 1.29 is 4.79 Å². The van der Waals surface area contributed by atoms with Crippen LogP contribution < -0.4 is 5.56 Å². The highest BCUT2D eigenvalue weighted by Gasteiger charge is 2.14. The molecule has 0 saturated carbocycles. The summed E-state index contributed by atoms with van der Waals surface area (Å²) < 4.78 is 0. The molecule has 0 fully saturated rings. The van der Waals surface area contributed by atoms with Crippen LogP contribution in [0.25, 0.3) is 0 Å². The fraction of sp³-hybridized carbons (Fsp3) is 0.250. The van der Waals surface area contributed by atoms with E-state index in [1.54, 1.807) is 11.0 Å². The number of H-pyrrole nitrogens is 1. The van der Waals surface area contributed by atoms with Gasteiger partial charge in [0.05, 0.1) is 0 Å². The molecule has 20 heavy (non-hydrogen) atoms. The lowest BCUT2D eigenvalue weighted by Crippen LogP contribution is -2.31. The zero-order valence-electron chi connectivity index (χ0n) is 11.7. The summed E-state index contributed by atoms with van der Waals surface area (Å²) in [6.07, 6.45) is 1.50. The first-order valence-corrected chi connectivity index (χ1v) is 6.63. The van der Waals surface area contributed by atoms with Crippen molar-refractivity contribution in [2.75, 3.05) is 6.54 Å². The van der Waals surface area contributed by atoms with E-state index in [4.69, 9.17) is 0 Å². The molecular weight excluding hydrogens is 252 g/mol. The summed E-state index contributed by atoms with van der Waals surface area (Å²) in [6, 6.07) is 11.0. The molecule has 0 aliphatic heterocycles. The molecule has 0 aliphatic carbocycles. The van der Waals surface area contributed by atoms with E-state index in [-0.39, 0.29) is 11.5 Å². The van der Waals surface area contributed by atoms with Crippen molar-refractivity contribution in [3.63, 3.8) is 0 Å². The van der Waals surface area contributed by atoms with Crippen molar-refractivity contribution in [3.05, 3.63) is 69.6 Å². The number of aryl methyl sites for hydroxylation is 1. The minimum Gasteiger partial charge on any atom is -0.335 e. The number of carbonyl (C=O) groups is 1. The molecule has 1 aromatic heterocycles. The van der Waals surface area contributed by atoms with Gasteiger partial charge in [-0.25, -0.2) is 0 Å². The summed E-state index contributed by atoms with van der Waals surface area (Å²) in [5, 5.41) is 0. The molecule has 0 atom stereocenters. The third-order valence-electron chi connectivity index (χ3n) is 3.15. The van der Waals surface area contributed by atoms with Gasteiger partial charge in [0.25, 0.3) is 5.91 Å². The molecule has 104 valence electrons. The Hall–Kier alpha value is -2.36. The normalized spacial score (nSPS) is 10.3. The van der Waals surface area contributed by atoms with Crippen molar-refractivity contribution in [2.24, 2.45) is 0 Å². The Morgan fingerprint density at radius 3 is 2.70 bits per heavy atom. The van der Waals surface area contributed by atoms with Gasteiger partial charge in [-0.2, -0.15) is 0 Å². The highest BCUT2D eigenvalue weighted by molar-refractivity contribution is 5.94. The number of hydrogen-bond acceptors (Lipinski definition) is 2. The maximum Gasteiger partial charge on any atom is 0.254 e. The number of nitrogens with one attached hydrogen (secondary N) is 1. The summed E-state index contributed by atoms with van der Waals surface area (Å²) in [5.41, 5.74) is 2.41. The van der Waals surface area contributed by atoms with Gasteiger partial charge >= 0.3 is 0 Å². The van der Waals surface area contributed by atoms with Crippen LogP contribution in [-0.2, 0) is 6.54 Å². The maximum atomic E-state index is 12.4. The second-order valence-electron chi connectivity index (χ2n) is 4.75. The lowest BCUT2D eigenvalue weighted by molar-refractivity contribution is 0.0752. The van der Waals surface area contributed by atoms with Gasteiger partial charge in [0, 0.05) is 30.9 Å². The van der Waals surface area contributed by atoms with E-state index >= 15 is 0 Å². The number of nitrogens with zero attached hydrogens (tertiary/aromatic N) is 1. The first-order chi connectivity index (χ1) is 9.60. The Kier molecular flexibility index (Phi) is 4.35. The predicted octanol–water partition coefficient (Wildman–Crippen LogP) is 2.35. The molecule has 4 heteroatoms. The monoisotopic (exact) mass is 270 g/mol. The van der Waals surface area contributed by atoms with E-state index in [1.807, 2.05) is 32.0 Å². The van der Waals surface area contributed by atoms with Crippen LogP contribution >= 0.6 is 0 Å². The number of carbonyl (C=O) groups excluding carboxylic acids is 1. The maximum absolute atomic E-state index is 12.4. The van der Waals surface area contributed by atoms with E-state index < -0.39 is 0 Å². The van der Waals surface area contributed by atoms with Gasteiger partial charge < -0.3 is 9.88 Å². The number of amides is 1. The molecule has 0 spiro atoms. The molecule has 0 aliphatic rings. The van der Waals surface area contributed by atoms with Crippen LogP contribution in [0.1, 0.15) is 28.4 Å². The Morgan fingerprint density at radius 2 is 2.05 bits per heavy atom. The Balaban J connectivity index is 2.20. The van der Waals surface area contributed by atoms with E-state index in [9.17, 15) is 9.59 Å². The highest BCUT2D eigenvalue weighted by Crippen LogP contribution is 2.10. The Labute approximate surface area is 118 Å². The third kappa shape index (κ3) is 3.35. The van der Waals surface area contributed by atoms with Gasteiger partial charge in [0.2, 0.25) is 5.56 Å². The minimum absolute atomic E-state index is 0.125. The number of pyridine rings is 1. The van der Waals surface area contributed by atoms with Crippen LogP contribution in [0.15, 0.2) is 47.4 Å². The number of aromatic amines is 1. The average molecular weight is 270 g/mol. The summed E-state index contributed by atoms with van der Waals surface area (Å²) >= 11 is 0. The molecule has 0 unspecified atom stereocenters. The fourth-order valence-electron chi connectivity index (χ4n) is 2.12. The molecular formula is C16H18N2O2. The summed E-state index contributed by atoms with van der Waals surface area (Å²) in [4.78, 5) is 27.9. The zero-order valence-corrected chi connectivity index (χ0v) is 11.7. The second kappa shape index (κ2) is 6.19. The van der Waals surface area contributed by atoms with Crippen molar-refractivity contribution >= 4 is 5.91 Å². The van der Waals surface area contributed by atoms with E-state index in [1.165, 1.54) is 17.8 Å². The SMILES string of the molecule is CCN(Cc1cccc(C)c1)C(=O)c1cc[nH]c(=O)c1. The largest absolute Gasteiger partial charge is 0.335 e. The topological polar surface area (TPSA) is 53.2 Å². The smallest absolute Gasteiger partial charge is 0.254 e. The molecule has 2 aromatic rings. The number of aromatic nitrogens is 1. The summed E-state index contributed by atoms with van der Waals surface area (Å²) in [7, 11) is 0. The van der Waals surface area contributed by atoms with Crippen molar-refractivity contribution in [1.82, 2.24) is 9.88 Å². The van der Waals surface area contributed by atoms with Crippen molar-refractivity contribution in [1.29, 1.82) is 0 Å². The Bertz CT molecular complexity index is 661. The van der Waals surface area contributed by atoms with Crippen LogP contribution in [0, 0.1) is 6.92 Å². The van der Waals surface area contributed by atoms with Crippen LogP contribution in [-0.4, -0.2) is 22.3 Å². The number of benzene rings is 1. The molecule has 1 amide bonds. The molecule has 0 radical (unpaired) electrons. The zero-order chi connectivity index (χ0) is 14.5. The lowest BCUT2D eigenvalue weighted by atomic mass is 10.1. The molecule has 0 bridgehead atoms. The third-order valence-corrected chi connectivity index (χ3v) is 3.15. The molecule has 1 aromatic carbocycles. The summed E-state index contributed by atoms with van der Waals surface area (Å²) in [6.45, 7) is 5.10. The first kappa shape index (κ1) is 14.1. The highest BCUT2D eigenvalue weighted by atomic mass is 16.2. The molecule has 4 nitrogen and oxygen atoms in total. The fourth-order valence-corrected chi connectivity index (χ4v) is 2.12. The van der Waals surface area contributed by atoms with E-state index in [0.717, 1.165) is 5.56 Å². The van der Waals surface area contributed by atoms with Crippen LogP contribution in [0.5, 0.6) is 0 Å². The number of rotatable bonds is 4.